The highest BCUT2D eigenvalue weighted by Crippen LogP contribution is 2.21. The molecule has 1 aromatic rings. The van der Waals surface area contributed by atoms with Gasteiger partial charge in [0.25, 0.3) is 0 Å². The molecule has 0 spiro atoms. The van der Waals surface area contributed by atoms with E-state index in [1.807, 2.05) is 20.8 Å². The normalized spacial score (nSPS) is 12.1. The molecular formula is C13H20N2O3S. The van der Waals surface area contributed by atoms with Gasteiger partial charge in [0.2, 0.25) is 15.9 Å². The Bertz CT molecular complexity index is 557. The van der Waals surface area contributed by atoms with Crippen LogP contribution >= 0.6 is 0 Å². The second-order valence-corrected chi connectivity index (χ2v) is 7.50. The summed E-state index contributed by atoms with van der Waals surface area (Å²) in [5.41, 5.74) is 0.726. The predicted octanol–water partition coefficient (Wildman–Crippen LogP) is 2.07. The number of sulfonamides is 1. The van der Waals surface area contributed by atoms with Crippen LogP contribution < -0.4 is 9.62 Å². The van der Waals surface area contributed by atoms with Crippen LogP contribution in [0.5, 0.6) is 0 Å². The van der Waals surface area contributed by atoms with Crippen LogP contribution in [0.15, 0.2) is 24.3 Å². The molecular weight excluding hydrogens is 264 g/mol. The third-order valence-electron chi connectivity index (χ3n) is 2.67. The Morgan fingerprint density at radius 1 is 1.16 bits per heavy atom. The summed E-state index contributed by atoms with van der Waals surface area (Å²) < 4.78 is 23.9. The van der Waals surface area contributed by atoms with Crippen molar-refractivity contribution in [3.63, 3.8) is 0 Å². The highest BCUT2D eigenvalue weighted by Gasteiger charge is 2.21. The van der Waals surface area contributed by atoms with E-state index in [2.05, 4.69) is 5.32 Å². The Labute approximate surface area is 114 Å². The van der Waals surface area contributed by atoms with Crippen molar-refractivity contribution in [2.24, 2.45) is 5.41 Å². The van der Waals surface area contributed by atoms with Gasteiger partial charge in [-0.1, -0.05) is 20.8 Å². The number of nitrogens with one attached hydrogen (secondary N) is 1. The van der Waals surface area contributed by atoms with Crippen molar-refractivity contribution in [3.8, 4) is 0 Å². The third kappa shape index (κ3) is 4.24. The van der Waals surface area contributed by atoms with Crippen molar-refractivity contribution in [3.05, 3.63) is 24.3 Å². The van der Waals surface area contributed by atoms with Crippen molar-refractivity contribution in [2.75, 3.05) is 22.9 Å². The monoisotopic (exact) mass is 284 g/mol. The molecule has 5 nitrogen and oxygen atoms in total. The molecule has 1 amide bonds. The Morgan fingerprint density at radius 2 is 1.63 bits per heavy atom. The van der Waals surface area contributed by atoms with Crippen molar-refractivity contribution in [1.82, 2.24) is 0 Å². The van der Waals surface area contributed by atoms with Crippen molar-refractivity contribution in [2.45, 2.75) is 20.8 Å². The van der Waals surface area contributed by atoms with Gasteiger partial charge in [0.05, 0.1) is 11.9 Å². The van der Waals surface area contributed by atoms with Gasteiger partial charge in [-0.3, -0.25) is 9.10 Å². The molecule has 0 atom stereocenters. The van der Waals surface area contributed by atoms with Crippen LogP contribution in [0.3, 0.4) is 0 Å². The first-order chi connectivity index (χ1) is 8.51. The third-order valence-corrected chi connectivity index (χ3v) is 3.87. The summed E-state index contributed by atoms with van der Waals surface area (Å²) in [6, 6.07) is 6.67. The maximum atomic E-state index is 11.8. The maximum Gasteiger partial charge on any atom is 0.231 e. The minimum Gasteiger partial charge on any atom is -0.326 e. The van der Waals surface area contributed by atoms with Gasteiger partial charge >= 0.3 is 0 Å². The first-order valence-electron chi connectivity index (χ1n) is 5.87. The molecule has 106 valence electrons. The van der Waals surface area contributed by atoms with Gasteiger partial charge in [-0.25, -0.2) is 8.42 Å². The van der Waals surface area contributed by atoms with E-state index in [1.54, 1.807) is 24.3 Å². The van der Waals surface area contributed by atoms with Crippen molar-refractivity contribution >= 4 is 27.3 Å². The van der Waals surface area contributed by atoms with Crippen LogP contribution in [0.4, 0.5) is 11.4 Å². The number of carbonyl (C=O) groups excluding carboxylic acids is 1. The fourth-order valence-electron chi connectivity index (χ4n) is 1.26. The number of carbonyl (C=O) groups is 1. The standard InChI is InChI=1S/C13H20N2O3S/c1-13(2,3)12(16)14-10-6-8-11(9-7-10)15(4)19(5,17)18/h6-9H,1-5H3,(H,14,16). The van der Waals surface area contributed by atoms with Crippen LogP contribution in [-0.2, 0) is 14.8 Å². The lowest BCUT2D eigenvalue weighted by atomic mass is 9.95. The van der Waals surface area contributed by atoms with E-state index in [9.17, 15) is 13.2 Å². The Morgan fingerprint density at radius 3 is 2.00 bits per heavy atom. The number of hydrogen-bond acceptors (Lipinski definition) is 3. The van der Waals surface area contributed by atoms with Gasteiger partial charge < -0.3 is 5.32 Å². The summed E-state index contributed by atoms with van der Waals surface area (Å²) in [4.78, 5) is 11.8. The number of amides is 1. The molecule has 1 aromatic carbocycles. The minimum absolute atomic E-state index is 0.0864. The first-order valence-corrected chi connectivity index (χ1v) is 7.72. The molecule has 0 aliphatic heterocycles. The van der Waals surface area contributed by atoms with Crippen molar-refractivity contribution in [1.29, 1.82) is 0 Å². The quantitative estimate of drug-likeness (QED) is 0.924. The maximum absolute atomic E-state index is 11.8. The summed E-state index contributed by atoms with van der Waals surface area (Å²) in [5.74, 6) is -0.0864. The smallest absolute Gasteiger partial charge is 0.231 e. The van der Waals surface area contributed by atoms with Gasteiger partial charge in [-0.2, -0.15) is 0 Å². The second kappa shape index (κ2) is 5.21. The lowest BCUT2D eigenvalue weighted by molar-refractivity contribution is -0.123. The Balaban J connectivity index is 2.87. The molecule has 19 heavy (non-hydrogen) atoms. The van der Waals surface area contributed by atoms with Gasteiger partial charge in [0, 0.05) is 18.2 Å². The van der Waals surface area contributed by atoms with E-state index in [0.717, 1.165) is 6.26 Å². The highest BCUT2D eigenvalue weighted by atomic mass is 32.2. The summed E-state index contributed by atoms with van der Waals surface area (Å²) >= 11 is 0. The zero-order valence-electron chi connectivity index (χ0n) is 11.9. The molecule has 0 radical (unpaired) electrons. The highest BCUT2D eigenvalue weighted by molar-refractivity contribution is 7.92. The summed E-state index contributed by atoms with van der Waals surface area (Å²) in [6.45, 7) is 5.48. The number of anilines is 2. The molecule has 0 fully saturated rings. The molecule has 0 aromatic heterocycles. The number of benzene rings is 1. The summed E-state index contributed by atoms with van der Waals surface area (Å²) in [6.07, 6.45) is 1.14. The minimum atomic E-state index is -3.27. The van der Waals surface area contributed by atoms with Crippen LogP contribution in [0.1, 0.15) is 20.8 Å². The fourth-order valence-corrected chi connectivity index (χ4v) is 1.77. The van der Waals surface area contributed by atoms with Gasteiger partial charge in [-0.15, -0.1) is 0 Å². The van der Waals surface area contributed by atoms with Crippen LogP contribution in [0.2, 0.25) is 0 Å². The van der Waals surface area contributed by atoms with Crippen LogP contribution in [-0.4, -0.2) is 27.6 Å². The second-order valence-electron chi connectivity index (χ2n) is 5.48. The number of rotatable bonds is 3. The first kappa shape index (κ1) is 15.5. The average molecular weight is 284 g/mol. The molecule has 1 rings (SSSR count). The average Bonchev–Trinajstić information content (AvgIpc) is 2.26. The molecule has 0 saturated carbocycles. The Hall–Kier alpha value is -1.56. The lowest BCUT2D eigenvalue weighted by Crippen LogP contribution is -2.27. The van der Waals surface area contributed by atoms with E-state index < -0.39 is 15.4 Å². The molecule has 0 aliphatic carbocycles. The van der Waals surface area contributed by atoms with Gasteiger partial charge in [0.1, 0.15) is 0 Å². The predicted molar refractivity (Wildman–Crippen MR) is 77.8 cm³/mol. The molecule has 6 heteroatoms. The zero-order valence-corrected chi connectivity index (χ0v) is 12.7. The van der Waals surface area contributed by atoms with E-state index in [4.69, 9.17) is 0 Å². The van der Waals surface area contributed by atoms with Crippen molar-refractivity contribution < 1.29 is 13.2 Å². The summed E-state index contributed by atoms with van der Waals surface area (Å²) in [5, 5.41) is 2.78. The molecule has 0 saturated heterocycles. The SMILES string of the molecule is CN(c1ccc(NC(=O)C(C)(C)C)cc1)S(C)(=O)=O. The topological polar surface area (TPSA) is 66.5 Å². The zero-order chi connectivity index (χ0) is 14.8. The molecule has 0 bridgehead atoms. The number of hydrogen-bond donors (Lipinski definition) is 1. The molecule has 0 aliphatic rings. The number of nitrogens with zero attached hydrogens (tertiary/aromatic N) is 1. The van der Waals surface area contributed by atoms with E-state index >= 15 is 0 Å². The van der Waals surface area contributed by atoms with Crippen LogP contribution in [0.25, 0.3) is 0 Å². The lowest BCUT2D eigenvalue weighted by Gasteiger charge is -2.19. The van der Waals surface area contributed by atoms with E-state index in [1.165, 1.54) is 11.4 Å². The van der Waals surface area contributed by atoms with E-state index in [0.29, 0.717) is 11.4 Å². The summed E-state index contributed by atoms with van der Waals surface area (Å²) in [7, 11) is -1.78. The Kier molecular flexibility index (Phi) is 4.25. The van der Waals surface area contributed by atoms with Crippen LogP contribution in [0, 0.1) is 5.41 Å². The molecule has 1 N–H and O–H groups in total. The van der Waals surface area contributed by atoms with Gasteiger partial charge in [-0.05, 0) is 24.3 Å². The van der Waals surface area contributed by atoms with Gasteiger partial charge in [0.15, 0.2) is 0 Å². The largest absolute Gasteiger partial charge is 0.326 e. The fraction of sp³-hybridized carbons (Fsp3) is 0.462. The van der Waals surface area contributed by atoms with E-state index in [-0.39, 0.29) is 5.91 Å². The molecule has 0 heterocycles. The molecule has 0 unspecified atom stereocenters.